The molecule has 0 aliphatic heterocycles. The van der Waals surface area contributed by atoms with Crippen LogP contribution in [0.2, 0.25) is 0 Å². The zero-order valence-electron chi connectivity index (χ0n) is 11.3. The largest absolute Gasteiger partial charge is 0.481 e. The number of nitro benzene ring substituents is 1. The second kappa shape index (κ2) is 7.72. The molecule has 1 aromatic carbocycles. The summed E-state index contributed by atoms with van der Waals surface area (Å²) in [5, 5.41) is 22.0. The molecule has 1 unspecified atom stereocenters. The van der Waals surface area contributed by atoms with Crippen molar-refractivity contribution >= 4 is 33.5 Å². The fraction of sp³-hybridized carbons (Fsp3) is 0.385. The number of halogens is 1. The number of nitrogens with zero attached hydrogens (tertiary/aromatic N) is 1. The summed E-state index contributed by atoms with van der Waals surface area (Å²) in [6.07, 6.45) is 1.03. The van der Waals surface area contributed by atoms with Crippen molar-refractivity contribution in [1.29, 1.82) is 0 Å². The van der Waals surface area contributed by atoms with Gasteiger partial charge in [-0.25, -0.2) is 0 Å². The maximum absolute atomic E-state index is 12.0. The lowest BCUT2D eigenvalue weighted by molar-refractivity contribution is -0.385. The molecule has 0 saturated carbocycles. The molecule has 114 valence electrons. The van der Waals surface area contributed by atoms with E-state index in [9.17, 15) is 19.7 Å². The van der Waals surface area contributed by atoms with Gasteiger partial charge in [0.25, 0.3) is 11.6 Å². The van der Waals surface area contributed by atoms with Crippen molar-refractivity contribution in [3.63, 3.8) is 0 Å². The highest BCUT2D eigenvalue weighted by Crippen LogP contribution is 2.25. The van der Waals surface area contributed by atoms with Crippen molar-refractivity contribution in [2.75, 3.05) is 0 Å². The monoisotopic (exact) mass is 358 g/mol. The third-order valence-corrected chi connectivity index (χ3v) is 3.48. The van der Waals surface area contributed by atoms with E-state index in [1.54, 1.807) is 6.92 Å². The lowest BCUT2D eigenvalue weighted by Crippen LogP contribution is -2.32. The van der Waals surface area contributed by atoms with Crippen LogP contribution in [-0.4, -0.2) is 27.9 Å². The fourth-order valence-corrected chi connectivity index (χ4v) is 2.12. The van der Waals surface area contributed by atoms with Crippen LogP contribution >= 0.6 is 15.9 Å². The molecule has 0 heterocycles. The molecule has 8 heteroatoms. The number of nitrogens with one attached hydrogen (secondary N) is 1. The highest BCUT2D eigenvalue weighted by atomic mass is 79.9. The lowest BCUT2D eigenvalue weighted by Gasteiger charge is -2.13. The Hall–Kier alpha value is -1.96. The van der Waals surface area contributed by atoms with E-state index in [1.165, 1.54) is 18.2 Å². The first-order valence-electron chi connectivity index (χ1n) is 6.28. The van der Waals surface area contributed by atoms with Crippen molar-refractivity contribution in [3.8, 4) is 0 Å². The predicted octanol–water partition coefficient (Wildman–Crippen LogP) is 2.73. The lowest BCUT2D eigenvalue weighted by atomic mass is 10.1. The highest BCUT2D eigenvalue weighted by molar-refractivity contribution is 9.10. The molecule has 0 spiro atoms. The van der Waals surface area contributed by atoms with Crippen molar-refractivity contribution in [3.05, 3.63) is 38.3 Å². The summed E-state index contributed by atoms with van der Waals surface area (Å²) in [6.45, 7) is 1.76. The van der Waals surface area contributed by atoms with Gasteiger partial charge in [0.15, 0.2) is 0 Å². The minimum Gasteiger partial charge on any atom is -0.481 e. The van der Waals surface area contributed by atoms with Crippen LogP contribution in [-0.2, 0) is 4.79 Å². The van der Waals surface area contributed by atoms with E-state index < -0.39 is 16.8 Å². The number of nitro groups is 1. The number of aliphatic carboxylic acids is 1. The molecule has 1 amide bonds. The zero-order chi connectivity index (χ0) is 16.0. The minimum absolute atomic E-state index is 0.0456. The number of hydrogen-bond acceptors (Lipinski definition) is 4. The molecule has 0 aliphatic rings. The predicted molar refractivity (Wildman–Crippen MR) is 79.2 cm³/mol. The van der Waals surface area contributed by atoms with Gasteiger partial charge < -0.3 is 10.4 Å². The van der Waals surface area contributed by atoms with Crippen LogP contribution in [0.15, 0.2) is 22.7 Å². The third kappa shape index (κ3) is 5.50. The number of carboxylic acids is 1. The standard InChI is InChI=1S/C13H15BrN2O5/c1-8(3-2-4-12(17)18)15-13(19)9-5-6-10(14)11(7-9)16(20)21/h5-8H,2-4H2,1H3,(H,15,19)(H,17,18). The SMILES string of the molecule is CC(CCCC(=O)O)NC(=O)c1ccc(Br)c([N+](=O)[O-])c1. The van der Waals surface area contributed by atoms with Gasteiger partial charge in [-0.3, -0.25) is 19.7 Å². The number of carbonyl (C=O) groups excluding carboxylic acids is 1. The molecule has 0 bridgehead atoms. The Labute approximate surface area is 129 Å². The van der Waals surface area contributed by atoms with Crippen LogP contribution in [0.4, 0.5) is 5.69 Å². The summed E-state index contributed by atoms with van der Waals surface area (Å²) in [5.41, 5.74) is 0.0103. The minimum atomic E-state index is -0.878. The van der Waals surface area contributed by atoms with E-state index in [-0.39, 0.29) is 23.7 Å². The summed E-state index contributed by atoms with van der Waals surface area (Å²) < 4.78 is 0.304. The summed E-state index contributed by atoms with van der Waals surface area (Å²) in [5.74, 6) is -1.30. The van der Waals surface area contributed by atoms with Gasteiger partial charge in [0, 0.05) is 24.1 Å². The van der Waals surface area contributed by atoms with Crippen LogP contribution in [0.5, 0.6) is 0 Å². The van der Waals surface area contributed by atoms with Gasteiger partial charge in [0.05, 0.1) is 9.40 Å². The van der Waals surface area contributed by atoms with Gasteiger partial charge in [-0.05, 0) is 47.8 Å². The number of benzene rings is 1. The Balaban J connectivity index is 2.65. The Morgan fingerprint density at radius 1 is 1.48 bits per heavy atom. The first-order valence-corrected chi connectivity index (χ1v) is 7.07. The van der Waals surface area contributed by atoms with Crippen LogP contribution in [0.3, 0.4) is 0 Å². The van der Waals surface area contributed by atoms with Gasteiger partial charge in [0.1, 0.15) is 0 Å². The molecule has 0 saturated heterocycles. The molecule has 1 aromatic rings. The average molecular weight is 359 g/mol. The van der Waals surface area contributed by atoms with Gasteiger partial charge in [-0.2, -0.15) is 0 Å². The highest BCUT2D eigenvalue weighted by Gasteiger charge is 2.17. The van der Waals surface area contributed by atoms with E-state index in [0.29, 0.717) is 17.3 Å². The van der Waals surface area contributed by atoms with E-state index in [0.717, 1.165) is 0 Å². The second-order valence-electron chi connectivity index (χ2n) is 4.58. The molecule has 21 heavy (non-hydrogen) atoms. The first kappa shape index (κ1) is 17.1. The smallest absolute Gasteiger partial charge is 0.303 e. The number of rotatable bonds is 7. The topological polar surface area (TPSA) is 110 Å². The van der Waals surface area contributed by atoms with Gasteiger partial charge in [0.2, 0.25) is 0 Å². The number of hydrogen-bond donors (Lipinski definition) is 2. The Morgan fingerprint density at radius 2 is 2.14 bits per heavy atom. The molecular formula is C13H15BrN2O5. The molecule has 7 nitrogen and oxygen atoms in total. The maximum Gasteiger partial charge on any atom is 0.303 e. The van der Waals surface area contributed by atoms with Crippen molar-refractivity contribution in [1.82, 2.24) is 5.32 Å². The van der Waals surface area contributed by atoms with Crippen LogP contribution in [0.1, 0.15) is 36.5 Å². The Kier molecular flexibility index (Phi) is 6.29. The second-order valence-corrected chi connectivity index (χ2v) is 5.44. The maximum atomic E-state index is 12.0. The Bertz CT molecular complexity index is 561. The molecule has 2 N–H and O–H groups in total. The van der Waals surface area contributed by atoms with Crippen molar-refractivity contribution < 1.29 is 19.6 Å². The number of carbonyl (C=O) groups is 2. The van der Waals surface area contributed by atoms with Crippen molar-refractivity contribution in [2.24, 2.45) is 0 Å². The molecule has 0 aromatic heterocycles. The van der Waals surface area contributed by atoms with Crippen LogP contribution in [0.25, 0.3) is 0 Å². The molecule has 1 atom stereocenters. The van der Waals surface area contributed by atoms with E-state index in [2.05, 4.69) is 21.2 Å². The number of amides is 1. The van der Waals surface area contributed by atoms with Gasteiger partial charge in [-0.15, -0.1) is 0 Å². The summed E-state index contributed by atoms with van der Waals surface area (Å²) in [7, 11) is 0. The quantitative estimate of drug-likeness (QED) is 0.575. The molecule has 0 fully saturated rings. The van der Waals surface area contributed by atoms with Gasteiger partial charge >= 0.3 is 5.97 Å². The Morgan fingerprint density at radius 3 is 2.71 bits per heavy atom. The first-order chi connectivity index (χ1) is 9.81. The van der Waals surface area contributed by atoms with E-state index in [1.807, 2.05) is 0 Å². The van der Waals surface area contributed by atoms with Crippen LogP contribution in [0, 0.1) is 10.1 Å². The van der Waals surface area contributed by atoms with Crippen LogP contribution < -0.4 is 5.32 Å². The molecular weight excluding hydrogens is 344 g/mol. The third-order valence-electron chi connectivity index (χ3n) is 2.81. The normalized spacial score (nSPS) is 11.7. The summed E-state index contributed by atoms with van der Waals surface area (Å²) in [4.78, 5) is 32.6. The van der Waals surface area contributed by atoms with Crippen molar-refractivity contribution in [2.45, 2.75) is 32.2 Å². The molecule has 0 aliphatic carbocycles. The molecule has 1 rings (SSSR count). The van der Waals surface area contributed by atoms with E-state index >= 15 is 0 Å². The average Bonchev–Trinajstić information content (AvgIpc) is 2.38. The summed E-state index contributed by atoms with van der Waals surface area (Å²) >= 11 is 3.05. The number of carboxylic acid groups (broad SMARTS) is 1. The summed E-state index contributed by atoms with van der Waals surface area (Å²) in [6, 6.07) is 3.92. The zero-order valence-corrected chi connectivity index (χ0v) is 12.9. The fourth-order valence-electron chi connectivity index (χ4n) is 1.73. The molecule has 0 radical (unpaired) electrons. The van der Waals surface area contributed by atoms with E-state index in [4.69, 9.17) is 5.11 Å². The van der Waals surface area contributed by atoms with Gasteiger partial charge in [-0.1, -0.05) is 0 Å².